The second-order valence-corrected chi connectivity index (χ2v) is 20.9. The second-order valence-electron chi connectivity index (χ2n) is 20.9. The van der Waals surface area contributed by atoms with Gasteiger partial charge in [-0.1, -0.05) is 266 Å². The molecule has 0 N–H and O–H groups in total. The normalized spacial score (nSPS) is 12.6. The Kier molecular flexibility index (Phi) is 59.3. The smallest absolute Gasteiger partial charge is 0.306 e. The molecule has 0 bridgehead atoms. The molecule has 6 nitrogen and oxygen atoms in total. The van der Waals surface area contributed by atoms with Gasteiger partial charge in [0.1, 0.15) is 13.2 Å². The van der Waals surface area contributed by atoms with Crippen LogP contribution in [0.2, 0.25) is 0 Å². The summed E-state index contributed by atoms with van der Waals surface area (Å²) in [5, 5.41) is 0. The van der Waals surface area contributed by atoms with Gasteiger partial charge in [-0.2, -0.15) is 0 Å². The van der Waals surface area contributed by atoms with Crippen LogP contribution in [0.4, 0.5) is 0 Å². The lowest BCUT2D eigenvalue weighted by Crippen LogP contribution is -2.30. The minimum absolute atomic E-state index is 0.0846. The van der Waals surface area contributed by atoms with Crippen molar-refractivity contribution in [2.45, 2.75) is 316 Å². The van der Waals surface area contributed by atoms with Crippen molar-refractivity contribution in [1.82, 2.24) is 0 Å². The van der Waals surface area contributed by atoms with Crippen LogP contribution in [0.15, 0.2) is 85.1 Å². The Morgan fingerprint density at radius 2 is 0.541 bits per heavy atom. The van der Waals surface area contributed by atoms with Crippen LogP contribution in [-0.2, 0) is 28.6 Å². The third-order valence-electron chi connectivity index (χ3n) is 13.6. The first-order chi connectivity index (χ1) is 36.5. The van der Waals surface area contributed by atoms with Crippen molar-refractivity contribution < 1.29 is 28.6 Å². The molecule has 0 aromatic carbocycles. The summed E-state index contributed by atoms with van der Waals surface area (Å²) < 4.78 is 16.9. The van der Waals surface area contributed by atoms with E-state index in [1.54, 1.807) is 0 Å². The fourth-order valence-electron chi connectivity index (χ4n) is 8.86. The monoisotopic (exact) mass is 1030 g/mol. The molecule has 0 aliphatic rings. The van der Waals surface area contributed by atoms with Crippen molar-refractivity contribution in [3.05, 3.63) is 85.1 Å². The highest BCUT2D eigenvalue weighted by atomic mass is 16.6. The van der Waals surface area contributed by atoms with Gasteiger partial charge >= 0.3 is 17.9 Å². The van der Waals surface area contributed by atoms with Gasteiger partial charge in [0.2, 0.25) is 0 Å². The molecule has 1 atom stereocenters. The molecular formula is C68H118O6. The molecule has 426 valence electrons. The standard InChI is InChI=1S/C68H118O6/c1-4-7-10-13-16-19-22-25-28-30-31-32-33-34-35-36-37-39-40-43-46-49-52-55-58-61-67(70)73-64-65(63-72-66(69)60-57-54-51-48-45-42-27-24-21-18-15-12-9-6-3)74-68(71)62-59-56-53-50-47-44-41-38-29-26-23-20-17-14-11-8-5-2/h8,11,15,17-18,20,22,24-27,29-31,65H,4-7,9-10,12-14,16,19,21,23,28,32-64H2,1-3H3/b11-8-,18-15-,20-17-,25-22-,27-24-,29-26-,31-30-. The van der Waals surface area contributed by atoms with E-state index in [9.17, 15) is 14.4 Å². The predicted molar refractivity (Wildman–Crippen MR) is 321 cm³/mol. The summed E-state index contributed by atoms with van der Waals surface area (Å²) in [6.45, 7) is 6.49. The van der Waals surface area contributed by atoms with E-state index in [2.05, 4.69) is 106 Å². The Balaban J connectivity index is 4.32. The second kappa shape index (κ2) is 62.1. The molecule has 6 heteroatoms. The van der Waals surface area contributed by atoms with Gasteiger partial charge < -0.3 is 14.2 Å². The van der Waals surface area contributed by atoms with Crippen molar-refractivity contribution >= 4 is 17.9 Å². The Labute approximate surface area is 458 Å². The SMILES string of the molecule is CC/C=C\C/C=C\C/C=C\CCCCCCCCCC(=O)OC(COC(=O)CCCCCCC/C=C\C/C=C\CCCC)COC(=O)CCCCCCCCCCCCCCC/C=C\C/C=C\CCCCCCC. The van der Waals surface area contributed by atoms with Gasteiger partial charge in [-0.15, -0.1) is 0 Å². The number of rotatable bonds is 57. The van der Waals surface area contributed by atoms with Gasteiger partial charge in [0.15, 0.2) is 6.10 Å². The molecule has 74 heavy (non-hydrogen) atoms. The zero-order chi connectivity index (χ0) is 53.6. The Bertz CT molecular complexity index is 1420. The minimum Gasteiger partial charge on any atom is -0.462 e. The summed E-state index contributed by atoms with van der Waals surface area (Å²) in [4.78, 5) is 38.3. The summed E-state index contributed by atoms with van der Waals surface area (Å²) in [6, 6.07) is 0. The number of hydrogen-bond donors (Lipinski definition) is 0. The molecule has 0 rings (SSSR count). The fraction of sp³-hybridized carbons (Fsp3) is 0.750. The number of unbranched alkanes of at least 4 members (excludes halogenated alkanes) is 32. The van der Waals surface area contributed by atoms with E-state index in [0.717, 1.165) is 109 Å². The molecule has 0 aromatic rings. The Hall–Kier alpha value is -3.41. The number of allylic oxidation sites excluding steroid dienone is 14. The van der Waals surface area contributed by atoms with E-state index < -0.39 is 6.10 Å². The molecule has 0 spiro atoms. The highest BCUT2D eigenvalue weighted by Crippen LogP contribution is 2.16. The summed E-state index contributed by atoms with van der Waals surface area (Å²) in [5.41, 5.74) is 0. The largest absolute Gasteiger partial charge is 0.462 e. The highest BCUT2D eigenvalue weighted by Gasteiger charge is 2.19. The lowest BCUT2D eigenvalue weighted by atomic mass is 10.0. The van der Waals surface area contributed by atoms with E-state index >= 15 is 0 Å². The minimum atomic E-state index is -0.789. The molecule has 0 heterocycles. The molecule has 0 radical (unpaired) electrons. The number of ether oxygens (including phenoxy) is 3. The van der Waals surface area contributed by atoms with Crippen molar-refractivity contribution in [1.29, 1.82) is 0 Å². The van der Waals surface area contributed by atoms with Crippen LogP contribution in [0, 0.1) is 0 Å². The maximum absolute atomic E-state index is 12.9. The molecule has 0 fully saturated rings. The van der Waals surface area contributed by atoms with Crippen molar-refractivity contribution in [3.8, 4) is 0 Å². The summed E-state index contributed by atoms with van der Waals surface area (Å²) in [5.74, 6) is -0.899. The Morgan fingerprint density at radius 1 is 0.284 bits per heavy atom. The topological polar surface area (TPSA) is 78.9 Å². The van der Waals surface area contributed by atoms with Gasteiger partial charge in [0, 0.05) is 19.3 Å². The van der Waals surface area contributed by atoms with Crippen molar-refractivity contribution in [2.75, 3.05) is 13.2 Å². The molecule has 0 saturated heterocycles. The van der Waals surface area contributed by atoms with Crippen LogP contribution in [0.1, 0.15) is 310 Å². The van der Waals surface area contributed by atoms with Crippen LogP contribution in [0.3, 0.4) is 0 Å². The van der Waals surface area contributed by atoms with E-state index in [1.807, 2.05) is 0 Å². The number of esters is 3. The van der Waals surface area contributed by atoms with E-state index in [0.29, 0.717) is 19.3 Å². The average Bonchev–Trinajstić information content (AvgIpc) is 3.40. The van der Waals surface area contributed by atoms with E-state index in [-0.39, 0.29) is 31.1 Å². The lowest BCUT2D eigenvalue weighted by Gasteiger charge is -2.18. The molecule has 0 amide bonds. The van der Waals surface area contributed by atoms with Crippen molar-refractivity contribution in [2.24, 2.45) is 0 Å². The first kappa shape index (κ1) is 70.6. The Morgan fingerprint density at radius 3 is 0.865 bits per heavy atom. The molecule has 0 saturated carbocycles. The van der Waals surface area contributed by atoms with Crippen LogP contribution in [-0.4, -0.2) is 37.2 Å². The number of hydrogen-bond acceptors (Lipinski definition) is 6. The number of carbonyl (C=O) groups excluding carboxylic acids is 3. The zero-order valence-electron chi connectivity index (χ0n) is 48.8. The molecule has 0 aliphatic carbocycles. The van der Waals surface area contributed by atoms with Crippen LogP contribution in [0.25, 0.3) is 0 Å². The molecule has 1 unspecified atom stereocenters. The number of carbonyl (C=O) groups is 3. The van der Waals surface area contributed by atoms with Crippen molar-refractivity contribution in [3.63, 3.8) is 0 Å². The van der Waals surface area contributed by atoms with E-state index in [1.165, 1.54) is 161 Å². The molecular weight excluding hydrogens is 913 g/mol. The third kappa shape index (κ3) is 59.5. The van der Waals surface area contributed by atoms with Gasteiger partial charge in [-0.3, -0.25) is 14.4 Å². The fourth-order valence-corrected chi connectivity index (χ4v) is 8.86. The van der Waals surface area contributed by atoms with Crippen LogP contribution in [0.5, 0.6) is 0 Å². The average molecular weight is 1030 g/mol. The zero-order valence-corrected chi connectivity index (χ0v) is 48.8. The van der Waals surface area contributed by atoms with Gasteiger partial charge in [0.25, 0.3) is 0 Å². The lowest BCUT2D eigenvalue weighted by molar-refractivity contribution is -0.167. The van der Waals surface area contributed by atoms with Crippen LogP contribution < -0.4 is 0 Å². The summed E-state index contributed by atoms with van der Waals surface area (Å²) in [7, 11) is 0. The van der Waals surface area contributed by atoms with E-state index in [4.69, 9.17) is 14.2 Å². The molecule has 0 aliphatic heterocycles. The van der Waals surface area contributed by atoms with Crippen LogP contribution >= 0.6 is 0 Å². The van der Waals surface area contributed by atoms with Gasteiger partial charge in [0.05, 0.1) is 0 Å². The third-order valence-corrected chi connectivity index (χ3v) is 13.6. The highest BCUT2D eigenvalue weighted by molar-refractivity contribution is 5.71. The maximum Gasteiger partial charge on any atom is 0.306 e. The first-order valence-electron chi connectivity index (χ1n) is 31.6. The summed E-state index contributed by atoms with van der Waals surface area (Å²) in [6.07, 6.45) is 81.6. The predicted octanol–water partition coefficient (Wildman–Crippen LogP) is 21.5. The molecule has 0 aromatic heterocycles. The first-order valence-corrected chi connectivity index (χ1v) is 31.6. The maximum atomic E-state index is 12.9. The van der Waals surface area contributed by atoms with Gasteiger partial charge in [-0.05, 0) is 109 Å². The van der Waals surface area contributed by atoms with Gasteiger partial charge in [-0.25, -0.2) is 0 Å². The summed E-state index contributed by atoms with van der Waals surface area (Å²) >= 11 is 0. The quantitative estimate of drug-likeness (QED) is 0.0261.